The second kappa shape index (κ2) is 4.04. The predicted molar refractivity (Wildman–Crippen MR) is 57.6 cm³/mol. The summed E-state index contributed by atoms with van der Waals surface area (Å²) in [7, 11) is 0. The number of rotatable bonds is 1. The third-order valence-electron chi connectivity index (χ3n) is 4.50. The summed E-state index contributed by atoms with van der Waals surface area (Å²) < 4.78 is 5.38. The zero-order valence-electron chi connectivity index (χ0n) is 9.27. The van der Waals surface area contributed by atoms with Crippen molar-refractivity contribution in [3.8, 4) is 0 Å². The molecule has 0 unspecified atom stereocenters. The number of nitrogens with zero attached hydrogens (tertiary/aromatic N) is 1. The molecule has 4 atom stereocenters. The van der Waals surface area contributed by atoms with Crippen LogP contribution in [0.5, 0.6) is 0 Å². The van der Waals surface area contributed by atoms with E-state index in [0.29, 0.717) is 6.04 Å². The molecular formula is C12H21NO2. The third kappa shape index (κ3) is 1.81. The van der Waals surface area contributed by atoms with Crippen LogP contribution in [0.15, 0.2) is 0 Å². The van der Waals surface area contributed by atoms with Crippen LogP contribution in [-0.4, -0.2) is 48.5 Å². The van der Waals surface area contributed by atoms with E-state index in [1.54, 1.807) is 0 Å². The average molecular weight is 211 g/mol. The lowest BCUT2D eigenvalue weighted by atomic mass is 9.81. The van der Waals surface area contributed by atoms with Crippen molar-refractivity contribution in [2.24, 2.45) is 11.8 Å². The normalized spacial score (nSPS) is 47.0. The molecule has 0 amide bonds. The molecule has 1 N–H and O–H groups in total. The summed E-state index contributed by atoms with van der Waals surface area (Å²) in [6.07, 6.45) is 5.01. The second-order valence-electron chi connectivity index (χ2n) is 5.38. The molecule has 1 saturated heterocycles. The molecule has 0 aromatic heterocycles. The fraction of sp³-hybridized carbons (Fsp3) is 1.00. The number of hydrogen-bond donors (Lipinski definition) is 1. The Hall–Kier alpha value is -0.120. The molecule has 1 heterocycles. The van der Waals surface area contributed by atoms with E-state index < -0.39 is 0 Å². The molecule has 3 fully saturated rings. The van der Waals surface area contributed by atoms with Gasteiger partial charge in [-0.1, -0.05) is 6.42 Å². The van der Waals surface area contributed by atoms with E-state index in [4.69, 9.17) is 4.74 Å². The topological polar surface area (TPSA) is 32.7 Å². The van der Waals surface area contributed by atoms with Gasteiger partial charge in [0.15, 0.2) is 0 Å². The van der Waals surface area contributed by atoms with Gasteiger partial charge in [-0.3, -0.25) is 4.90 Å². The van der Waals surface area contributed by atoms with Gasteiger partial charge in [0.25, 0.3) is 0 Å². The van der Waals surface area contributed by atoms with E-state index in [1.165, 1.54) is 19.3 Å². The van der Waals surface area contributed by atoms with Gasteiger partial charge in [0.2, 0.25) is 0 Å². The van der Waals surface area contributed by atoms with Crippen molar-refractivity contribution in [2.45, 2.75) is 37.8 Å². The summed E-state index contributed by atoms with van der Waals surface area (Å²) in [5, 5.41) is 10.2. The molecule has 3 aliphatic rings. The molecule has 0 aromatic rings. The number of morpholine rings is 1. The van der Waals surface area contributed by atoms with Crippen molar-refractivity contribution in [3.63, 3.8) is 0 Å². The predicted octanol–water partition coefficient (Wildman–Crippen LogP) is 0.868. The van der Waals surface area contributed by atoms with Gasteiger partial charge in [-0.05, 0) is 31.1 Å². The van der Waals surface area contributed by atoms with E-state index in [9.17, 15) is 5.11 Å². The Morgan fingerprint density at radius 3 is 2.67 bits per heavy atom. The first-order chi connectivity index (χ1) is 7.34. The Morgan fingerprint density at radius 1 is 1.07 bits per heavy atom. The van der Waals surface area contributed by atoms with Crippen LogP contribution in [0, 0.1) is 11.8 Å². The minimum atomic E-state index is -0.0747. The molecule has 3 nitrogen and oxygen atoms in total. The monoisotopic (exact) mass is 211 g/mol. The van der Waals surface area contributed by atoms with Crippen molar-refractivity contribution >= 4 is 0 Å². The lowest BCUT2D eigenvalue weighted by Crippen LogP contribution is -2.53. The van der Waals surface area contributed by atoms with Crippen molar-refractivity contribution in [3.05, 3.63) is 0 Å². The molecule has 0 aromatic carbocycles. The van der Waals surface area contributed by atoms with Gasteiger partial charge in [-0.2, -0.15) is 0 Å². The summed E-state index contributed by atoms with van der Waals surface area (Å²) in [6.45, 7) is 3.73. The van der Waals surface area contributed by atoms with E-state index in [2.05, 4.69) is 4.90 Å². The molecule has 86 valence electrons. The molecular weight excluding hydrogens is 190 g/mol. The Kier molecular flexibility index (Phi) is 2.71. The number of aliphatic hydroxyl groups excluding tert-OH is 1. The van der Waals surface area contributed by atoms with Crippen LogP contribution in [0.25, 0.3) is 0 Å². The highest BCUT2D eigenvalue weighted by molar-refractivity contribution is 4.97. The molecule has 3 heteroatoms. The summed E-state index contributed by atoms with van der Waals surface area (Å²) in [6, 6.07) is 0.438. The SMILES string of the molecule is O[C@H]1C[C@H]2CC[C@H](C2)[C@H]1N1CCOCC1. The van der Waals surface area contributed by atoms with Gasteiger partial charge < -0.3 is 9.84 Å². The molecule has 2 saturated carbocycles. The Bertz CT molecular complexity index is 228. The third-order valence-corrected chi connectivity index (χ3v) is 4.50. The second-order valence-corrected chi connectivity index (χ2v) is 5.38. The van der Waals surface area contributed by atoms with Crippen LogP contribution >= 0.6 is 0 Å². The zero-order chi connectivity index (χ0) is 10.3. The maximum Gasteiger partial charge on any atom is 0.0700 e. The first kappa shape index (κ1) is 10.1. The van der Waals surface area contributed by atoms with Crippen LogP contribution in [0.4, 0.5) is 0 Å². The maximum atomic E-state index is 10.2. The van der Waals surface area contributed by atoms with Crippen LogP contribution in [0.2, 0.25) is 0 Å². The molecule has 1 aliphatic heterocycles. The first-order valence-corrected chi connectivity index (χ1v) is 6.34. The maximum absolute atomic E-state index is 10.2. The summed E-state index contributed by atoms with van der Waals surface area (Å²) in [5.41, 5.74) is 0. The Labute approximate surface area is 91.4 Å². The van der Waals surface area contributed by atoms with Gasteiger partial charge in [-0.15, -0.1) is 0 Å². The lowest BCUT2D eigenvalue weighted by Gasteiger charge is -2.43. The van der Waals surface area contributed by atoms with E-state index in [1.807, 2.05) is 0 Å². The van der Waals surface area contributed by atoms with Crippen molar-refractivity contribution in [1.29, 1.82) is 0 Å². The molecule has 0 radical (unpaired) electrons. The van der Waals surface area contributed by atoms with Gasteiger partial charge in [-0.25, -0.2) is 0 Å². The van der Waals surface area contributed by atoms with Crippen LogP contribution in [0.1, 0.15) is 25.7 Å². The number of aliphatic hydroxyl groups is 1. The van der Waals surface area contributed by atoms with Gasteiger partial charge in [0.1, 0.15) is 0 Å². The standard InChI is InChI=1S/C12H21NO2/c14-11-8-9-1-2-10(7-9)12(11)13-3-5-15-6-4-13/h9-12,14H,1-8H2/t9-,10+,11-,12+/m0/s1. The number of hydrogen-bond acceptors (Lipinski definition) is 3. The largest absolute Gasteiger partial charge is 0.391 e. The average Bonchev–Trinajstić information content (AvgIpc) is 2.62. The van der Waals surface area contributed by atoms with Crippen LogP contribution in [0.3, 0.4) is 0 Å². The molecule has 15 heavy (non-hydrogen) atoms. The summed E-state index contributed by atoms with van der Waals surface area (Å²) in [5.74, 6) is 1.58. The highest BCUT2D eigenvalue weighted by Gasteiger charge is 2.43. The van der Waals surface area contributed by atoms with Gasteiger partial charge in [0.05, 0.1) is 19.3 Å². The molecule has 2 bridgehead atoms. The van der Waals surface area contributed by atoms with E-state index >= 15 is 0 Å². The quantitative estimate of drug-likeness (QED) is 0.698. The van der Waals surface area contributed by atoms with Crippen molar-refractivity contribution in [2.75, 3.05) is 26.3 Å². The van der Waals surface area contributed by atoms with Crippen LogP contribution < -0.4 is 0 Å². The highest BCUT2D eigenvalue weighted by atomic mass is 16.5. The molecule has 0 spiro atoms. The van der Waals surface area contributed by atoms with Gasteiger partial charge in [0, 0.05) is 19.1 Å². The van der Waals surface area contributed by atoms with Crippen LogP contribution in [-0.2, 0) is 4.74 Å². The first-order valence-electron chi connectivity index (χ1n) is 6.34. The molecule has 2 aliphatic carbocycles. The number of ether oxygens (including phenoxy) is 1. The molecule has 3 rings (SSSR count). The van der Waals surface area contributed by atoms with Gasteiger partial charge >= 0.3 is 0 Å². The summed E-state index contributed by atoms with van der Waals surface area (Å²) in [4.78, 5) is 2.47. The minimum Gasteiger partial charge on any atom is -0.391 e. The fourth-order valence-electron chi connectivity index (χ4n) is 3.85. The van der Waals surface area contributed by atoms with Crippen molar-refractivity contribution < 1.29 is 9.84 Å². The lowest BCUT2D eigenvalue weighted by molar-refractivity contribution is -0.0561. The number of fused-ring (bicyclic) bond motifs is 2. The van der Waals surface area contributed by atoms with Crippen molar-refractivity contribution in [1.82, 2.24) is 4.90 Å². The minimum absolute atomic E-state index is 0.0747. The fourth-order valence-corrected chi connectivity index (χ4v) is 3.85. The van der Waals surface area contributed by atoms with E-state index in [0.717, 1.165) is 44.6 Å². The highest BCUT2D eigenvalue weighted by Crippen LogP contribution is 2.44. The summed E-state index contributed by atoms with van der Waals surface area (Å²) >= 11 is 0. The Morgan fingerprint density at radius 2 is 1.87 bits per heavy atom. The smallest absolute Gasteiger partial charge is 0.0700 e. The zero-order valence-corrected chi connectivity index (χ0v) is 9.27. The Balaban J connectivity index is 1.71. The van der Waals surface area contributed by atoms with E-state index in [-0.39, 0.29) is 6.10 Å².